The summed E-state index contributed by atoms with van der Waals surface area (Å²) in [6, 6.07) is 7.59. The maximum Gasteiger partial charge on any atom is 0.282 e. The molecule has 4 aromatic rings. The van der Waals surface area contributed by atoms with Crippen molar-refractivity contribution in [3.63, 3.8) is 0 Å². The van der Waals surface area contributed by atoms with Gasteiger partial charge in [-0.3, -0.25) is 4.79 Å². The van der Waals surface area contributed by atoms with E-state index in [0.29, 0.717) is 10.0 Å². The SMILES string of the molecule is Cc1cc(/C=N/n2cnc3sc4c(c3c2=O)CCCC4)c(C)n1-c1ccc(Cl)c(Cl)c1. The normalized spacial score (nSPS) is 13.9. The summed E-state index contributed by atoms with van der Waals surface area (Å²) in [6.45, 7) is 4.03. The Bertz CT molecular complexity index is 1410. The molecular formula is C23H20Cl2N4OS. The number of benzene rings is 1. The Morgan fingerprint density at radius 3 is 2.74 bits per heavy atom. The highest BCUT2D eigenvalue weighted by Gasteiger charge is 2.20. The Labute approximate surface area is 193 Å². The van der Waals surface area contributed by atoms with Gasteiger partial charge in [-0.1, -0.05) is 23.2 Å². The molecule has 0 amide bonds. The Balaban J connectivity index is 1.54. The Morgan fingerprint density at radius 1 is 1.13 bits per heavy atom. The molecule has 8 heteroatoms. The molecule has 1 aliphatic carbocycles. The van der Waals surface area contributed by atoms with Crippen molar-refractivity contribution in [2.75, 3.05) is 0 Å². The van der Waals surface area contributed by atoms with Crippen LogP contribution < -0.4 is 5.56 Å². The predicted molar refractivity (Wildman–Crippen MR) is 129 cm³/mol. The first-order chi connectivity index (χ1) is 14.9. The molecule has 0 bridgehead atoms. The summed E-state index contributed by atoms with van der Waals surface area (Å²) in [5.74, 6) is 0. The quantitative estimate of drug-likeness (QED) is 0.348. The molecule has 3 heterocycles. The molecule has 0 fully saturated rings. The van der Waals surface area contributed by atoms with Gasteiger partial charge in [-0.15, -0.1) is 11.3 Å². The van der Waals surface area contributed by atoms with Crippen LogP contribution in [0.3, 0.4) is 0 Å². The van der Waals surface area contributed by atoms with Gasteiger partial charge in [0, 0.05) is 27.5 Å². The van der Waals surface area contributed by atoms with E-state index in [1.807, 2.05) is 32.0 Å². The monoisotopic (exact) mass is 470 g/mol. The lowest BCUT2D eigenvalue weighted by molar-refractivity contribution is 0.699. The number of thiophene rings is 1. The summed E-state index contributed by atoms with van der Waals surface area (Å²) in [6.07, 6.45) is 7.52. The zero-order valence-electron chi connectivity index (χ0n) is 17.2. The van der Waals surface area contributed by atoms with E-state index in [2.05, 4.69) is 14.7 Å². The second-order valence-electron chi connectivity index (χ2n) is 7.79. The predicted octanol–water partition coefficient (Wildman–Crippen LogP) is 5.93. The fourth-order valence-electron chi connectivity index (χ4n) is 4.28. The van der Waals surface area contributed by atoms with Gasteiger partial charge in [-0.25, -0.2) is 4.98 Å². The fraction of sp³-hybridized carbons (Fsp3) is 0.261. The number of aryl methyl sites for hydroxylation is 3. The average Bonchev–Trinajstić information content (AvgIpc) is 3.27. The lowest BCUT2D eigenvalue weighted by Gasteiger charge is -2.10. The van der Waals surface area contributed by atoms with Crippen LogP contribution in [0.5, 0.6) is 0 Å². The molecule has 0 saturated carbocycles. The number of hydrogen-bond donors (Lipinski definition) is 0. The maximum atomic E-state index is 13.1. The number of fused-ring (bicyclic) bond motifs is 3. The zero-order chi connectivity index (χ0) is 21.7. The van der Waals surface area contributed by atoms with Gasteiger partial charge in [0.2, 0.25) is 0 Å². The van der Waals surface area contributed by atoms with Crippen LogP contribution in [0, 0.1) is 13.8 Å². The van der Waals surface area contributed by atoms with E-state index in [9.17, 15) is 4.79 Å². The smallest absolute Gasteiger partial charge is 0.282 e. The minimum atomic E-state index is -0.0982. The van der Waals surface area contributed by atoms with Gasteiger partial charge in [0.25, 0.3) is 5.56 Å². The lowest BCUT2D eigenvalue weighted by atomic mass is 9.97. The summed E-state index contributed by atoms with van der Waals surface area (Å²) < 4.78 is 3.43. The van der Waals surface area contributed by atoms with Gasteiger partial charge < -0.3 is 4.57 Å². The average molecular weight is 471 g/mol. The number of hydrogen-bond acceptors (Lipinski definition) is 4. The van der Waals surface area contributed by atoms with Gasteiger partial charge in [0.15, 0.2) is 0 Å². The van der Waals surface area contributed by atoms with Gasteiger partial charge >= 0.3 is 0 Å². The molecule has 1 aromatic carbocycles. The van der Waals surface area contributed by atoms with Gasteiger partial charge in [-0.2, -0.15) is 9.78 Å². The maximum absolute atomic E-state index is 13.1. The van der Waals surface area contributed by atoms with Crippen molar-refractivity contribution in [3.05, 3.63) is 78.4 Å². The standard InChI is InChI=1S/C23H20Cl2N4OS/c1-13-9-15(14(2)29(13)16-7-8-18(24)19(25)10-16)11-27-28-12-26-22-21(23(28)30)17-5-3-4-6-20(17)31-22/h7-12H,3-6H2,1-2H3/b27-11+. The second-order valence-corrected chi connectivity index (χ2v) is 9.69. The molecule has 0 N–H and O–H groups in total. The fourth-order valence-corrected chi connectivity index (χ4v) is 5.80. The minimum Gasteiger partial charge on any atom is -0.318 e. The van der Waals surface area contributed by atoms with E-state index in [1.54, 1.807) is 23.6 Å². The minimum absolute atomic E-state index is 0.0982. The van der Waals surface area contributed by atoms with Crippen LogP contribution in [0.1, 0.15) is 40.2 Å². The summed E-state index contributed by atoms with van der Waals surface area (Å²) >= 11 is 13.9. The Kier molecular flexibility index (Phi) is 5.24. The van der Waals surface area contributed by atoms with Crippen molar-refractivity contribution < 1.29 is 0 Å². The first-order valence-electron chi connectivity index (χ1n) is 10.1. The van der Waals surface area contributed by atoms with Crippen molar-refractivity contribution in [2.45, 2.75) is 39.5 Å². The highest BCUT2D eigenvalue weighted by molar-refractivity contribution is 7.18. The van der Waals surface area contributed by atoms with Gasteiger partial charge in [0.05, 0.1) is 21.6 Å². The summed E-state index contributed by atoms with van der Waals surface area (Å²) in [5, 5.41) is 6.22. The molecule has 5 nitrogen and oxygen atoms in total. The second kappa shape index (κ2) is 7.93. The van der Waals surface area contributed by atoms with E-state index in [1.165, 1.54) is 27.9 Å². The van der Waals surface area contributed by atoms with Gasteiger partial charge in [0.1, 0.15) is 11.2 Å². The molecule has 0 unspecified atom stereocenters. The zero-order valence-corrected chi connectivity index (χ0v) is 19.5. The molecule has 5 rings (SSSR count). The molecular weight excluding hydrogens is 451 g/mol. The number of rotatable bonds is 3. The van der Waals surface area contributed by atoms with Crippen LogP contribution >= 0.6 is 34.5 Å². The van der Waals surface area contributed by atoms with E-state index >= 15 is 0 Å². The van der Waals surface area contributed by atoms with Crippen molar-refractivity contribution in [1.82, 2.24) is 14.2 Å². The number of nitrogens with zero attached hydrogens (tertiary/aromatic N) is 4. The van der Waals surface area contributed by atoms with E-state index in [4.69, 9.17) is 23.2 Å². The molecule has 158 valence electrons. The van der Waals surface area contributed by atoms with E-state index in [-0.39, 0.29) is 5.56 Å². The van der Waals surface area contributed by atoms with Crippen LogP contribution in [0.4, 0.5) is 0 Å². The molecule has 31 heavy (non-hydrogen) atoms. The third kappa shape index (κ3) is 3.53. The number of halogens is 2. The third-order valence-electron chi connectivity index (χ3n) is 5.81. The molecule has 0 saturated heterocycles. The van der Waals surface area contributed by atoms with E-state index in [0.717, 1.165) is 52.1 Å². The Morgan fingerprint density at radius 2 is 1.94 bits per heavy atom. The summed E-state index contributed by atoms with van der Waals surface area (Å²) in [5.41, 5.74) is 4.95. The lowest BCUT2D eigenvalue weighted by Crippen LogP contribution is -2.18. The molecule has 0 spiro atoms. The first kappa shape index (κ1) is 20.5. The van der Waals surface area contributed by atoms with Crippen molar-refractivity contribution >= 4 is 51.0 Å². The van der Waals surface area contributed by atoms with Gasteiger partial charge in [-0.05, 0) is 69.4 Å². The van der Waals surface area contributed by atoms with Crippen LogP contribution in [0.2, 0.25) is 10.0 Å². The van der Waals surface area contributed by atoms with Crippen LogP contribution in [0.25, 0.3) is 15.9 Å². The summed E-state index contributed by atoms with van der Waals surface area (Å²) in [4.78, 5) is 19.7. The molecule has 1 aliphatic rings. The molecule has 0 radical (unpaired) electrons. The molecule has 0 aliphatic heterocycles. The topological polar surface area (TPSA) is 52.2 Å². The van der Waals surface area contributed by atoms with Crippen molar-refractivity contribution in [2.24, 2.45) is 5.10 Å². The first-order valence-corrected chi connectivity index (χ1v) is 11.7. The highest BCUT2D eigenvalue weighted by Crippen LogP contribution is 2.33. The largest absolute Gasteiger partial charge is 0.318 e. The summed E-state index contributed by atoms with van der Waals surface area (Å²) in [7, 11) is 0. The van der Waals surface area contributed by atoms with Crippen LogP contribution in [0.15, 0.2) is 40.5 Å². The number of aromatic nitrogens is 3. The Hall–Kier alpha value is -2.41. The van der Waals surface area contributed by atoms with E-state index < -0.39 is 0 Å². The van der Waals surface area contributed by atoms with Crippen molar-refractivity contribution in [1.29, 1.82) is 0 Å². The molecule has 0 atom stereocenters. The van der Waals surface area contributed by atoms with Crippen LogP contribution in [-0.4, -0.2) is 20.4 Å². The highest BCUT2D eigenvalue weighted by atomic mass is 35.5. The van der Waals surface area contributed by atoms with Crippen LogP contribution in [-0.2, 0) is 12.8 Å². The third-order valence-corrected chi connectivity index (χ3v) is 7.75. The van der Waals surface area contributed by atoms with Crippen molar-refractivity contribution in [3.8, 4) is 5.69 Å². The molecule has 3 aromatic heterocycles.